The van der Waals surface area contributed by atoms with E-state index in [2.05, 4.69) is 23.8 Å². The van der Waals surface area contributed by atoms with Gasteiger partial charge in [-0.05, 0) is 167 Å². The van der Waals surface area contributed by atoms with Gasteiger partial charge in [0, 0.05) is 61.8 Å². The van der Waals surface area contributed by atoms with Crippen molar-refractivity contribution in [3.8, 4) is 16.9 Å². The zero-order chi connectivity index (χ0) is 46.6. The van der Waals surface area contributed by atoms with Crippen molar-refractivity contribution in [1.29, 1.82) is 0 Å². The van der Waals surface area contributed by atoms with Gasteiger partial charge in [-0.1, -0.05) is 0 Å². The maximum atomic E-state index is 14.1. The number of ether oxygens (including phenoxy) is 5. The zero-order valence-corrected chi connectivity index (χ0v) is 39.7. The second kappa shape index (κ2) is 17.4. The molecule has 0 saturated heterocycles. The highest BCUT2D eigenvalue weighted by Crippen LogP contribution is 2.63. The Hall–Kier alpha value is -5.11. The quantitative estimate of drug-likeness (QED) is 0.128. The standard InChI is InChI=1S/C50H68N4O10/c1-31-34(16-19-54(31)30-49-23-32-22-33(24-49)26-50(25-32,29-49)61-21-20-52(11)45(59)64-48(8,9)10)36-13-15-40(51-42(36)44(58)63-47(5,6)7)53-18-17-35-38(27-53)37(43(56)57)12-14-39(35)60-28-41(55)62-46(2,3)4/h12-16,19,32-33H,17-18,20-30H2,1-11H3,(H,56,57). The Bertz CT molecular complexity index is 2260. The Balaban J connectivity index is 1.12. The van der Waals surface area contributed by atoms with E-state index in [0.29, 0.717) is 66.2 Å². The number of esters is 2. The molecule has 4 saturated carbocycles. The first-order chi connectivity index (χ1) is 29.8. The molecule has 2 atom stereocenters. The molecule has 1 amide bonds. The molecule has 4 fully saturated rings. The summed E-state index contributed by atoms with van der Waals surface area (Å²) < 4.78 is 32.0. The first-order valence-corrected chi connectivity index (χ1v) is 22.8. The molecule has 2 unspecified atom stereocenters. The normalized spacial score (nSPS) is 22.8. The second-order valence-electron chi connectivity index (χ2n) is 21.8. The van der Waals surface area contributed by atoms with Gasteiger partial charge in [0.1, 0.15) is 28.4 Å². The van der Waals surface area contributed by atoms with Gasteiger partial charge in [0.2, 0.25) is 0 Å². The van der Waals surface area contributed by atoms with Crippen molar-refractivity contribution < 1.29 is 48.0 Å². The van der Waals surface area contributed by atoms with E-state index in [4.69, 9.17) is 28.7 Å². The SMILES string of the molecule is Cc1c(-c2ccc(N3CCc4c(OCC(=O)OC(C)(C)C)ccc(C(=O)O)c4C3)nc2C(=O)OC(C)(C)C)ccn1CC12CC3CC(C1)CC(OCCN(C)C(=O)OC(C)(C)C)(C3)C2. The topological polar surface area (TPSA) is 159 Å². The Morgan fingerprint density at radius 3 is 2.16 bits per heavy atom. The number of likely N-dealkylation sites (N-methyl/N-ethyl adjacent to an activating group) is 1. The summed E-state index contributed by atoms with van der Waals surface area (Å²) in [5.41, 5.74) is 2.03. The van der Waals surface area contributed by atoms with E-state index in [1.807, 2.05) is 58.6 Å². The van der Waals surface area contributed by atoms with Crippen LogP contribution in [0.2, 0.25) is 0 Å². The van der Waals surface area contributed by atoms with Gasteiger partial charge in [-0.25, -0.2) is 24.2 Å². The maximum Gasteiger partial charge on any atom is 0.410 e. The summed E-state index contributed by atoms with van der Waals surface area (Å²) in [4.78, 5) is 60.2. The van der Waals surface area contributed by atoms with E-state index in [9.17, 15) is 24.3 Å². The highest BCUT2D eigenvalue weighted by molar-refractivity contribution is 5.96. The van der Waals surface area contributed by atoms with Gasteiger partial charge in [-0.2, -0.15) is 0 Å². The van der Waals surface area contributed by atoms with Crippen molar-refractivity contribution in [2.24, 2.45) is 17.3 Å². The number of benzene rings is 1. The molecule has 14 heteroatoms. The van der Waals surface area contributed by atoms with Crippen LogP contribution in [0, 0.1) is 24.2 Å². The number of carboxylic acids is 1. The molecule has 0 spiro atoms. The van der Waals surface area contributed by atoms with E-state index in [1.54, 1.807) is 38.8 Å². The number of hydrogen-bond donors (Lipinski definition) is 1. The summed E-state index contributed by atoms with van der Waals surface area (Å²) in [6, 6.07) is 8.96. The number of carboxylic acid groups (broad SMARTS) is 1. The maximum absolute atomic E-state index is 14.1. The van der Waals surface area contributed by atoms with Crippen molar-refractivity contribution in [3.63, 3.8) is 0 Å². The van der Waals surface area contributed by atoms with Crippen molar-refractivity contribution >= 4 is 29.8 Å². The van der Waals surface area contributed by atoms with Gasteiger partial charge in [-0.3, -0.25) is 0 Å². The van der Waals surface area contributed by atoms with E-state index in [1.165, 1.54) is 12.5 Å². The molecule has 0 radical (unpaired) electrons. The van der Waals surface area contributed by atoms with Crippen LogP contribution in [0.5, 0.6) is 5.75 Å². The Morgan fingerprint density at radius 2 is 1.52 bits per heavy atom. The average Bonchev–Trinajstić information content (AvgIpc) is 3.51. The summed E-state index contributed by atoms with van der Waals surface area (Å²) in [5, 5.41) is 10.2. The number of rotatable bonds is 13. The van der Waals surface area contributed by atoms with E-state index < -0.39 is 34.7 Å². The number of carbonyl (C=O) groups excluding carboxylic acids is 3. The van der Waals surface area contributed by atoms with Gasteiger partial charge in [-0.15, -0.1) is 0 Å². The summed E-state index contributed by atoms with van der Waals surface area (Å²) >= 11 is 0. The molecule has 3 aromatic rings. The van der Waals surface area contributed by atoms with Crippen molar-refractivity contribution in [3.05, 3.63) is 64.6 Å². The van der Waals surface area contributed by atoms with Crippen molar-refractivity contribution in [2.75, 3.05) is 38.3 Å². The minimum atomic E-state index is -1.08. The van der Waals surface area contributed by atoms with Crippen LogP contribution in [0.4, 0.5) is 10.6 Å². The van der Waals surface area contributed by atoms with Gasteiger partial charge in [0.05, 0.1) is 17.8 Å². The lowest BCUT2D eigenvalue weighted by Gasteiger charge is -2.62. The Kier molecular flexibility index (Phi) is 12.7. The predicted octanol–water partition coefficient (Wildman–Crippen LogP) is 9.02. The smallest absolute Gasteiger partial charge is 0.410 e. The summed E-state index contributed by atoms with van der Waals surface area (Å²) in [5.74, 6) is 0.00229. The Morgan fingerprint density at radius 1 is 0.844 bits per heavy atom. The lowest BCUT2D eigenvalue weighted by atomic mass is 9.48. The number of anilines is 1. The highest BCUT2D eigenvalue weighted by atomic mass is 16.6. The molecule has 64 heavy (non-hydrogen) atoms. The third-order valence-corrected chi connectivity index (χ3v) is 12.9. The molecule has 4 bridgehead atoms. The van der Waals surface area contributed by atoms with Gasteiger partial charge >= 0.3 is 24.0 Å². The molecular formula is C50H68N4O10. The van der Waals surface area contributed by atoms with Crippen LogP contribution >= 0.6 is 0 Å². The molecule has 3 heterocycles. The van der Waals surface area contributed by atoms with Crippen LogP contribution in [0.15, 0.2) is 36.5 Å². The van der Waals surface area contributed by atoms with Crippen LogP contribution < -0.4 is 9.64 Å². The molecule has 14 nitrogen and oxygen atoms in total. The van der Waals surface area contributed by atoms with Gasteiger partial charge in [0.25, 0.3) is 0 Å². The minimum absolute atomic E-state index is 0.0678. The van der Waals surface area contributed by atoms with Gasteiger partial charge in [0.15, 0.2) is 12.3 Å². The minimum Gasteiger partial charge on any atom is -0.482 e. The fourth-order valence-electron chi connectivity index (χ4n) is 10.9. The highest BCUT2D eigenvalue weighted by Gasteiger charge is 2.58. The lowest BCUT2D eigenvalue weighted by molar-refractivity contribution is -0.197. The zero-order valence-electron chi connectivity index (χ0n) is 39.7. The number of amides is 1. The number of fused-ring (bicyclic) bond motifs is 1. The average molecular weight is 885 g/mol. The van der Waals surface area contributed by atoms with Crippen LogP contribution in [0.25, 0.3) is 11.1 Å². The van der Waals surface area contributed by atoms with Gasteiger partial charge < -0.3 is 43.2 Å². The molecule has 1 N–H and O–H groups in total. The predicted molar refractivity (Wildman–Crippen MR) is 242 cm³/mol. The summed E-state index contributed by atoms with van der Waals surface area (Å²) in [7, 11) is 1.76. The first kappa shape index (κ1) is 46.9. The fraction of sp³-hybridized carbons (Fsp3) is 0.620. The number of hydrogen-bond acceptors (Lipinski definition) is 11. The largest absolute Gasteiger partial charge is 0.482 e. The fourth-order valence-corrected chi connectivity index (χ4v) is 10.9. The first-order valence-electron chi connectivity index (χ1n) is 22.8. The summed E-state index contributed by atoms with van der Waals surface area (Å²) in [6.07, 6.45) is 8.81. The van der Waals surface area contributed by atoms with E-state index >= 15 is 0 Å². The number of pyridine rings is 1. The van der Waals surface area contributed by atoms with E-state index in [0.717, 1.165) is 49.9 Å². The third-order valence-electron chi connectivity index (χ3n) is 12.9. The number of aromatic carboxylic acids is 1. The van der Waals surface area contributed by atoms with E-state index in [-0.39, 0.29) is 41.5 Å². The number of aromatic nitrogens is 2. The second-order valence-corrected chi connectivity index (χ2v) is 21.8. The molecule has 5 aliphatic rings. The monoisotopic (exact) mass is 884 g/mol. The molecule has 4 aliphatic carbocycles. The number of nitrogens with zero attached hydrogens (tertiary/aromatic N) is 4. The number of carbonyl (C=O) groups is 4. The van der Waals surface area contributed by atoms with Crippen LogP contribution in [0.3, 0.4) is 0 Å². The lowest BCUT2D eigenvalue weighted by Crippen LogP contribution is -2.58. The Labute approximate surface area is 377 Å². The molecule has 8 rings (SSSR count). The summed E-state index contributed by atoms with van der Waals surface area (Å²) in [6.45, 7) is 20.7. The molecular weight excluding hydrogens is 817 g/mol. The van der Waals surface area contributed by atoms with Crippen LogP contribution in [-0.4, -0.2) is 99.3 Å². The molecule has 348 valence electrons. The molecule has 2 aromatic heterocycles. The third kappa shape index (κ3) is 10.7. The molecule has 1 aliphatic heterocycles. The van der Waals surface area contributed by atoms with Crippen LogP contribution in [-0.2, 0) is 43.3 Å². The van der Waals surface area contributed by atoms with Crippen LogP contribution in [0.1, 0.15) is 139 Å². The molecule has 1 aromatic carbocycles. The van der Waals surface area contributed by atoms with Crippen molar-refractivity contribution in [2.45, 2.75) is 150 Å². The van der Waals surface area contributed by atoms with Crippen molar-refractivity contribution in [1.82, 2.24) is 14.5 Å².